The molecule has 0 unspecified atom stereocenters. The maximum Gasteiger partial charge on any atom is 0.319 e. The van der Waals surface area contributed by atoms with E-state index in [9.17, 15) is 18.4 Å². The van der Waals surface area contributed by atoms with E-state index in [2.05, 4.69) is 15.6 Å². The van der Waals surface area contributed by atoms with Gasteiger partial charge in [0.25, 0.3) is 5.91 Å². The molecule has 156 valence electrons. The average molecular weight is 517 g/mol. The smallest absolute Gasteiger partial charge is 0.319 e. The number of ether oxygens (including phenoxy) is 1. The van der Waals surface area contributed by atoms with Gasteiger partial charge in [-0.1, -0.05) is 31.2 Å². The predicted molar refractivity (Wildman–Crippen MR) is 114 cm³/mol. The number of anilines is 1. The van der Waals surface area contributed by atoms with Crippen molar-refractivity contribution in [1.82, 2.24) is 10.3 Å². The van der Waals surface area contributed by atoms with Gasteiger partial charge < -0.3 is 15.4 Å². The Balaban J connectivity index is 1.91. The number of amides is 2. The fraction of sp³-hybridized carbons (Fsp3) is 0.350. The minimum absolute atomic E-state index is 0.0911. The van der Waals surface area contributed by atoms with Crippen LogP contribution in [0, 0.1) is 6.92 Å². The quantitative estimate of drug-likeness (QED) is 0.386. The van der Waals surface area contributed by atoms with Gasteiger partial charge in [-0.15, -0.1) is 0 Å². The van der Waals surface area contributed by atoms with Gasteiger partial charge in [-0.2, -0.15) is 8.78 Å². The minimum atomic E-state index is -2.88. The minimum Gasteiger partial charge on any atom is -0.370 e. The molecule has 0 saturated heterocycles. The highest BCUT2D eigenvalue weighted by Gasteiger charge is 2.23. The van der Waals surface area contributed by atoms with Crippen LogP contribution < -0.4 is 10.6 Å². The first-order valence-corrected chi connectivity index (χ1v) is 10.0. The van der Waals surface area contributed by atoms with Crippen LogP contribution in [-0.2, 0) is 22.7 Å². The lowest BCUT2D eigenvalue weighted by Crippen LogP contribution is -2.23. The van der Waals surface area contributed by atoms with E-state index in [1.54, 1.807) is 44.2 Å². The van der Waals surface area contributed by atoms with Crippen LogP contribution in [0.5, 0.6) is 0 Å². The van der Waals surface area contributed by atoms with E-state index in [4.69, 9.17) is 4.74 Å². The number of benzene rings is 1. The van der Waals surface area contributed by atoms with Crippen molar-refractivity contribution in [2.45, 2.75) is 37.3 Å². The van der Waals surface area contributed by atoms with E-state index < -0.39 is 10.5 Å². The molecule has 6 nitrogen and oxygen atoms in total. The van der Waals surface area contributed by atoms with Crippen molar-refractivity contribution in [2.24, 2.45) is 0 Å². The molecule has 0 aliphatic heterocycles. The van der Waals surface area contributed by atoms with E-state index in [0.717, 1.165) is 33.7 Å². The molecule has 1 aromatic heterocycles. The lowest BCUT2D eigenvalue weighted by Gasteiger charge is -2.10. The Labute approximate surface area is 181 Å². The number of aryl methyl sites for hydroxylation is 1. The molecule has 0 fully saturated rings. The second kappa shape index (κ2) is 10.6. The van der Waals surface area contributed by atoms with Crippen LogP contribution in [0.2, 0.25) is 0 Å². The lowest BCUT2D eigenvalue weighted by molar-refractivity contribution is -0.115. The molecule has 0 saturated carbocycles. The monoisotopic (exact) mass is 517 g/mol. The molecule has 0 spiro atoms. The van der Waals surface area contributed by atoms with Gasteiger partial charge in [0.2, 0.25) is 5.91 Å². The molecule has 0 aliphatic carbocycles. The van der Waals surface area contributed by atoms with Crippen LogP contribution in [0.25, 0.3) is 0 Å². The highest BCUT2D eigenvalue weighted by molar-refractivity contribution is 14.1. The maximum atomic E-state index is 12.7. The van der Waals surface area contributed by atoms with Gasteiger partial charge in [-0.3, -0.25) is 9.59 Å². The first-order valence-electron chi connectivity index (χ1n) is 8.95. The highest BCUT2D eigenvalue weighted by Crippen LogP contribution is 2.22. The van der Waals surface area contributed by atoms with Crippen molar-refractivity contribution in [2.75, 3.05) is 11.9 Å². The summed E-state index contributed by atoms with van der Waals surface area (Å²) >= 11 is 1.03. The predicted octanol–water partition coefficient (Wildman–Crippen LogP) is 4.21. The SMILES string of the molecule is CCC(=O)Nc1cc(C(=O)NCc2ccc(COCC(F)(F)I)cc2)cc(C)n1. The number of pyridine rings is 1. The van der Waals surface area contributed by atoms with E-state index in [0.29, 0.717) is 30.0 Å². The van der Waals surface area contributed by atoms with Crippen LogP contribution in [0.1, 0.15) is 40.5 Å². The third-order valence-electron chi connectivity index (χ3n) is 3.81. The van der Waals surface area contributed by atoms with Crippen LogP contribution in [0.4, 0.5) is 14.6 Å². The van der Waals surface area contributed by atoms with Crippen LogP contribution in [0.3, 0.4) is 0 Å². The molecule has 29 heavy (non-hydrogen) atoms. The number of hydrogen-bond donors (Lipinski definition) is 2. The third-order valence-corrected chi connectivity index (χ3v) is 4.13. The number of rotatable bonds is 9. The van der Waals surface area contributed by atoms with Crippen LogP contribution in [0.15, 0.2) is 36.4 Å². The summed E-state index contributed by atoms with van der Waals surface area (Å²) in [6.07, 6.45) is 0.318. The van der Waals surface area contributed by atoms with Crippen molar-refractivity contribution in [1.29, 1.82) is 0 Å². The molecule has 2 amide bonds. The molecule has 1 aromatic carbocycles. The molecule has 1 heterocycles. The number of hydrogen-bond acceptors (Lipinski definition) is 4. The Bertz CT molecular complexity index is 855. The second-order valence-electron chi connectivity index (χ2n) is 6.39. The maximum absolute atomic E-state index is 12.7. The number of alkyl halides is 3. The Morgan fingerprint density at radius 1 is 1.17 bits per heavy atom. The van der Waals surface area contributed by atoms with Crippen LogP contribution in [-0.4, -0.2) is 27.3 Å². The zero-order valence-corrected chi connectivity index (χ0v) is 18.3. The van der Waals surface area contributed by atoms with E-state index in [1.807, 2.05) is 0 Å². The second-order valence-corrected chi connectivity index (χ2v) is 7.97. The molecule has 0 radical (unpaired) electrons. The van der Waals surface area contributed by atoms with Gasteiger partial charge in [0.15, 0.2) is 0 Å². The summed E-state index contributed by atoms with van der Waals surface area (Å²) in [6.45, 7) is 3.22. The largest absolute Gasteiger partial charge is 0.370 e. The Kier molecular flexibility index (Phi) is 8.45. The van der Waals surface area contributed by atoms with Gasteiger partial charge in [-0.05, 0) is 30.2 Å². The lowest BCUT2D eigenvalue weighted by atomic mass is 10.1. The zero-order chi connectivity index (χ0) is 21.4. The first-order chi connectivity index (χ1) is 13.7. The Morgan fingerprint density at radius 3 is 2.45 bits per heavy atom. The summed E-state index contributed by atoms with van der Waals surface area (Å²) in [5, 5.41) is 5.45. The summed E-state index contributed by atoms with van der Waals surface area (Å²) in [5.74, 6) is -0.136. The third kappa shape index (κ3) is 8.40. The molecular weight excluding hydrogens is 495 g/mol. The number of carbonyl (C=O) groups is 2. The molecule has 0 bridgehead atoms. The van der Waals surface area contributed by atoms with Crippen LogP contribution >= 0.6 is 22.6 Å². The molecule has 9 heteroatoms. The fourth-order valence-electron chi connectivity index (χ4n) is 2.42. The van der Waals surface area contributed by atoms with Gasteiger partial charge in [-0.25, -0.2) is 4.98 Å². The van der Waals surface area contributed by atoms with E-state index >= 15 is 0 Å². The van der Waals surface area contributed by atoms with Gasteiger partial charge >= 0.3 is 3.93 Å². The summed E-state index contributed by atoms with van der Waals surface area (Å²) in [5.41, 5.74) is 2.63. The topological polar surface area (TPSA) is 80.3 Å². The standard InChI is InChI=1S/C20H22F2IN3O3/c1-3-18(27)26-17-9-16(8-13(2)25-17)19(28)24-10-14-4-6-15(7-5-14)11-29-12-20(21,22)23/h4-9H,3,10-12H2,1-2H3,(H,24,28)(H,25,26,27). The average Bonchev–Trinajstić information content (AvgIpc) is 2.65. The van der Waals surface area contributed by atoms with Crippen molar-refractivity contribution < 1.29 is 23.1 Å². The normalized spacial score (nSPS) is 11.2. The molecule has 2 N–H and O–H groups in total. The summed E-state index contributed by atoms with van der Waals surface area (Å²) in [4.78, 5) is 28.2. The van der Waals surface area contributed by atoms with Gasteiger partial charge in [0.1, 0.15) is 12.4 Å². The molecule has 2 aromatic rings. The molecule has 0 atom stereocenters. The fourth-order valence-corrected chi connectivity index (χ4v) is 2.64. The molecule has 0 aliphatic rings. The Hall–Kier alpha value is -2.14. The summed E-state index contributed by atoms with van der Waals surface area (Å²) in [7, 11) is 0. The van der Waals surface area contributed by atoms with Crippen molar-refractivity contribution in [3.63, 3.8) is 0 Å². The number of carbonyl (C=O) groups excluding carboxylic acids is 2. The van der Waals surface area contributed by atoms with Crippen molar-refractivity contribution >= 4 is 40.2 Å². The first kappa shape index (κ1) is 23.1. The zero-order valence-electron chi connectivity index (χ0n) is 16.1. The van der Waals surface area contributed by atoms with Crippen molar-refractivity contribution in [3.05, 3.63) is 58.8 Å². The number of nitrogens with zero attached hydrogens (tertiary/aromatic N) is 1. The molecular formula is C20H22F2IN3O3. The van der Waals surface area contributed by atoms with E-state index in [-0.39, 0.29) is 18.4 Å². The summed E-state index contributed by atoms with van der Waals surface area (Å²) < 4.78 is 27.6. The number of halogens is 3. The number of aromatic nitrogens is 1. The molecule has 2 rings (SSSR count). The number of nitrogens with one attached hydrogen (secondary N) is 2. The van der Waals surface area contributed by atoms with Gasteiger partial charge in [0.05, 0.1) is 6.61 Å². The van der Waals surface area contributed by atoms with E-state index in [1.165, 1.54) is 6.07 Å². The van der Waals surface area contributed by atoms with Crippen molar-refractivity contribution in [3.8, 4) is 0 Å². The highest BCUT2D eigenvalue weighted by atomic mass is 127. The Morgan fingerprint density at radius 2 is 1.83 bits per heavy atom. The summed E-state index contributed by atoms with van der Waals surface area (Å²) in [6, 6.07) is 10.3. The van der Waals surface area contributed by atoms with Gasteiger partial charge in [0, 0.05) is 46.8 Å².